The van der Waals surface area contributed by atoms with Crippen LogP contribution in [0.4, 0.5) is 5.95 Å². The molecule has 37 heavy (non-hydrogen) atoms. The molecule has 2 amide bonds. The number of anilines is 1. The van der Waals surface area contributed by atoms with Crippen LogP contribution in [0.2, 0.25) is 0 Å². The molecule has 0 aliphatic heterocycles. The molecule has 0 bridgehead atoms. The van der Waals surface area contributed by atoms with Crippen LogP contribution in [-0.2, 0) is 4.79 Å². The number of nitrogens with zero attached hydrogens (tertiary/aromatic N) is 3. The van der Waals surface area contributed by atoms with Crippen LogP contribution in [0, 0.1) is 5.92 Å². The molecule has 9 heteroatoms. The van der Waals surface area contributed by atoms with Gasteiger partial charge in [0.15, 0.2) is 0 Å². The van der Waals surface area contributed by atoms with Crippen LogP contribution in [0.1, 0.15) is 23.5 Å². The second-order valence-electron chi connectivity index (χ2n) is 8.85. The first-order valence-electron chi connectivity index (χ1n) is 11.9. The van der Waals surface area contributed by atoms with Crippen LogP contribution in [0.25, 0.3) is 16.9 Å². The van der Waals surface area contributed by atoms with Gasteiger partial charge >= 0.3 is 0 Å². The average molecular weight is 519 g/mol. The lowest BCUT2D eigenvalue weighted by Crippen LogP contribution is -2.40. The Balaban J connectivity index is 1.64. The molecule has 0 fully saturated rings. The van der Waals surface area contributed by atoms with Crippen molar-refractivity contribution in [3.63, 3.8) is 0 Å². The van der Waals surface area contributed by atoms with Crippen molar-refractivity contribution in [2.75, 3.05) is 32.6 Å². The van der Waals surface area contributed by atoms with E-state index in [1.165, 1.54) is 11.3 Å². The first kappa shape index (κ1) is 26.0. The Morgan fingerprint density at radius 2 is 1.78 bits per heavy atom. The number of imidazole rings is 1. The zero-order valence-electron chi connectivity index (χ0n) is 21.3. The zero-order valence-corrected chi connectivity index (χ0v) is 22.1. The summed E-state index contributed by atoms with van der Waals surface area (Å²) in [6.07, 6.45) is 1.86. The maximum absolute atomic E-state index is 13.2. The van der Waals surface area contributed by atoms with Gasteiger partial charge in [-0.3, -0.25) is 19.5 Å². The van der Waals surface area contributed by atoms with E-state index in [-0.39, 0.29) is 24.3 Å². The van der Waals surface area contributed by atoms with Crippen molar-refractivity contribution in [1.82, 2.24) is 14.5 Å². The molecule has 0 atom stereocenters. The van der Waals surface area contributed by atoms with Gasteiger partial charge in [-0.1, -0.05) is 32.0 Å². The third-order valence-corrected chi connectivity index (χ3v) is 6.47. The van der Waals surface area contributed by atoms with E-state index in [2.05, 4.69) is 5.32 Å². The summed E-state index contributed by atoms with van der Waals surface area (Å²) in [5, 5.41) is 4.77. The smallest absolute Gasteiger partial charge is 0.264 e. The monoisotopic (exact) mass is 518 g/mol. The first-order valence-corrected chi connectivity index (χ1v) is 12.8. The summed E-state index contributed by atoms with van der Waals surface area (Å²) in [4.78, 5) is 33.2. The van der Waals surface area contributed by atoms with Gasteiger partial charge in [0.2, 0.25) is 11.9 Å². The summed E-state index contributed by atoms with van der Waals surface area (Å²) in [6.45, 7) is 4.41. The van der Waals surface area contributed by atoms with Crippen LogP contribution in [-0.4, -0.2) is 53.6 Å². The number of benzene rings is 2. The molecular weight excluding hydrogens is 488 g/mol. The summed E-state index contributed by atoms with van der Waals surface area (Å²) in [5.74, 6) is 1.49. The van der Waals surface area contributed by atoms with Gasteiger partial charge in [-0.2, -0.15) is 0 Å². The Bertz CT molecular complexity index is 1350. The molecule has 2 heterocycles. The van der Waals surface area contributed by atoms with Crippen molar-refractivity contribution in [2.45, 2.75) is 13.8 Å². The second-order valence-corrected chi connectivity index (χ2v) is 9.80. The molecule has 0 unspecified atom stereocenters. The highest BCUT2D eigenvalue weighted by Gasteiger charge is 2.22. The molecule has 0 saturated heterocycles. The number of hydrogen-bond donors (Lipinski definition) is 1. The van der Waals surface area contributed by atoms with E-state index in [4.69, 9.17) is 14.5 Å². The van der Waals surface area contributed by atoms with Gasteiger partial charge in [-0.15, -0.1) is 11.3 Å². The summed E-state index contributed by atoms with van der Waals surface area (Å²) in [7, 11) is 3.22. The van der Waals surface area contributed by atoms with Crippen molar-refractivity contribution >= 4 is 29.1 Å². The number of carbonyl (C=O) groups excluding carboxylic acids is 2. The molecule has 1 N–H and O–H groups in total. The van der Waals surface area contributed by atoms with Crippen LogP contribution >= 0.6 is 11.3 Å². The van der Waals surface area contributed by atoms with E-state index >= 15 is 0 Å². The number of carbonyl (C=O) groups is 2. The Hall–Kier alpha value is -4.11. The van der Waals surface area contributed by atoms with Gasteiger partial charge in [0.1, 0.15) is 18.0 Å². The van der Waals surface area contributed by atoms with Gasteiger partial charge in [-0.05, 0) is 53.8 Å². The molecular formula is C28H30N4O4S. The largest absolute Gasteiger partial charge is 0.497 e. The number of methoxy groups -OCH3 is 2. The minimum atomic E-state index is -0.330. The Morgan fingerprint density at radius 3 is 2.43 bits per heavy atom. The SMILES string of the molecule is COc1ccc(-n2cc(-c3cccc(OC)c3)nc2NC(=O)CN(CC(C)C)C(=O)c2cccs2)cc1. The summed E-state index contributed by atoms with van der Waals surface area (Å²) in [5.41, 5.74) is 2.31. The van der Waals surface area contributed by atoms with Crippen molar-refractivity contribution < 1.29 is 19.1 Å². The summed E-state index contributed by atoms with van der Waals surface area (Å²) < 4.78 is 12.5. The lowest BCUT2D eigenvalue weighted by atomic mass is 10.1. The van der Waals surface area contributed by atoms with Crippen LogP contribution in [0.15, 0.2) is 72.2 Å². The molecule has 0 radical (unpaired) electrons. The Morgan fingerprint density at radius 1 is 1.03 bits per heavy atom. The minimum absolute atomic E-state index is 0.0844. The maximum atomic E-state index is 13.2. The van der Waals surface area contributed by atoms with E-state index in [1.54, 1.807) is 29.8 Å². The van der Waals surface area contributed by atoms with E-state index in [0.717, 1.165) is 17.0 Å². The highest BCUT2D eigenvalue weighted by Crippen LogP contribution is 2.28. The topological polar surface area (TPSA) is 85.7 Å². The number of nitrogens with one attached hydrogen (secondary N) is 1. The zero-order chi connectivity index (χ0) is 26.4. The average Bonchev–Trinajstić information content (AvgIpc) is 3.58. The van der Waals surface area contributed by atoms with E-state index in [1.807, 2.05) is 80.0 Å². The van der Waals surface area contributed by atoms with E-state index in [9.17, 15) is 9.59 Å². The third-order valence-electron chi connectivity index (χ3n) is 5.61. The fraction of sp³-hybridized carbons (Fsp3) is 0.250. The van der Waals surface area contributed by atoms with Gasteiger partial charge in [0.05, 0.1) is 24.8 Å². The van der Waals surface area contributed by atoms with Crippen LogP contribution in [0.5, 0.6) is 11.5 Å². The molecule has 4 aromatic rings. The number of ether oxygens (including phenoxy) is 2. The van der Waals surface area contributed by atoms with Crippen molar-refractivity contribution in [3.8, 4) is 28.4 Å². The first-order chi connectivity index (χ1) is 17.9. The molecule has 0 spiro atoms. The molecule has 4 rings (SSSR count). The van der Waals surface area contributed by atoms with Crippen LogP contribution < -0.4 is 14.8 Å². The quantitative estimate of drug-likeness (QED) is 0.306. The number of hydrogen-bond acceptors (Lipinski definition) is 6. The molecule has 0 aliphatic carbocycles. The Labute approximate surface area is 220 Å². The Kier molecular flexibility index (Phi) is 8.25. The second kappa shape index (κ2) is 11.7. The van der Waals surface area contributed by atoms with Gasteiger partial charge in [-0.25, -0.2) is 4.98 Å². The lowest BCUT2D eigenvalue weighted by Gasteiger charge is -2.23. The fourth-order valence-electron chi connectivity index (χ4n) is 3.88. The molecule has 0 aliphatic rings. The number of amides is 2. The van der Waals surface area contributed by atoms with E-state index in [0.29, 0.717) is 28.8 Å². The van der Waals surface area contributed by atoms with Gasteiger partial charge < -0.3 is 14.4 Å². The normalized spacial score (nSPS) is 10.8. The molecule has 2 aromatic carbocycles. The summed E-state index contributed by atoms with van der Waals surface area (Å²) >= 11 is 1.36. The third kappa shape index (κ3) is 6.37. The molecule has 8 nitrogen and oxygen atoms in total. The highest BCUT2D eigenvalue weighted by atomic mass is 32.1. The minimum Gasteiger partial charge on any atom is -0.497 e. The lowest BCUT2D eigenvalue weighted by molar-refractivity contribution is -0.117. The predicted octanol–water partition coefficient (Wildman–Crippen LogP) is 5.35. The van der Waals surface area contributed by atoms with Crippen molar-refractivity contribution in [3.05, 3.63) is 77.1 Å². The summed E-state index contributed by atoms with van der Waals surface area (Å²) in [6, 6.07) is 18.6. The number of thiophene rings is 1. The van der Waals surface area contributed by atoms with Crippen LogP contribution in [0.3, 0.4) is 0 Å². The van der Waals surface area contributed by atoms with Crippen molar-refractivity contribution in [2.24, 2.45) is 5.92 Å². The maximum Gasteiger partial charge on any atom is 0.264 e. The highest BCUT2D eigenvalue weighted by molar-refractivity contribution is 7.12. The number of aromatic nitrogens is 2. The van der Waals surface area contributed by atoms with Gasteiger partial charge in [0, 0.05) is 24.0 Å². The van der Waals surface area contributed by atoms with E-state index < -0.39 is 0 Å². The standard InChI is InChI=1S/C28H30N4O4S/c1-19(2)16-31(27(34)25-9-6-14-37-25)18-26(33)30-28-29-24(20-7-5-8-23(15-20)36-4)17-32(28)21-10-12-22(35-3)13-11-21/h5-15,17,19H,16,18H2,1-4H3,(H,29,30,33). The number of rotatable bonds is 10. The molecule has 2 aromatic heterocycles. The molecule has 192 valence electrons. The van der Waals surface area contributed by atoms with Crippen molar-refractivity contribution in [1.29, 1.82) is 0 Å². The molecule has 0 saturated carbocycles. The van der Waals surface area contributed by atoms with Gasteiger partial charge in [0.25, 0.3) is 5.91 Å². The predicted molar refractivity (Wildman–Crippen MR) is 146 cm³/mol. The fourth-order valence-corrected chi connectivity index (χ4v) is 4.57.